The van der Waals surface area contributed by atoms with Crippen molar-refractivity contribution in [2.45, 2.75) is 30.6 Å². The van der Waals surface area contributed by atoms with Crippen molar-refractivity contribution < 1.29 is 23.1 Å². The van der Waals surface area contributed by atoms with E-state index in [1.54, 1.807) is 56.3 Å². The summed E-state index contributed by atoms with van der Waals surface area (Å²) < 4.78 is 23.6. The van der Waals surface area contributed by atoms with Crippen molar-refractivity contribution >= 4 is 21.7 Å². The van der Waals surface area contributed by atoms with E-state index < -0.39 is 21.2 Å². The summed E-state index contributed by atoms with van der Waals surface area (Å²) in [6.45, 7) is 3.09. The number of benzene rings is 2. The second-order valence-electron chi connectivity index (χ2n) is 6.50. The maximum absolute atomic E-state index is 12.2. The van der Waals surface area contributed by atoms with Gasteiger partial charge in [-0.05, 0) is 30.2 Å². The van der Waals surface area contributed by atoms with Crippen molar-refractivity contribution in [3.8, 4) is 0 Å². The van der Waals surface area contributed by atoms with Gasteiger partial charge in [-0.2, -0.15) is 0 Å². The molecule has 0 saturated heterocycles. The number of carboxylic acids is 1. The number of carboxylic acid groups (broad SMARTS) is 1. The summed E-state index contributed by atoms with van der Waals surface area (Å²) in [6, 6.07) is 14.9. The second kappa shape index (κ2) is 8.35. The van der Waals surface area contributed by atoms with E-state index in [2.05, 4.69) is 5.32 Å². The smallest absolute Gasteiger partial charge is 0.315 e. The molecule has 0 saturated carbocycles. The van der Waals surface area contributed by atoms with Gasteiger partial charge in [-0.1, -0.05) is 49.4 Å². The lowest BCUT2D eigenvalue weighted by Crippen LogP contribution is -2.44. The third-order valence-electron chi connectivity index (χ3n) is 4.55. The summed E-state index contributed by atoms with van der Waals surface area (Å²) in [7, 11) is -3.28. The number of carbonyl (C=O) groups excluding carboxylic acids is 1. The highest BCUT2D eigenvalue weighted by Gasteiger charge is 2.35. The zero-order chi connectivity index (χ0) is 20.1. The molecule has 1 unspecified atom stereocenters. The molecule has 0 spiro atoms. The van der Waals surface area contributed by atoms with Crippen LogP contribution < -0.4 is 5.32 Å². The number of nitrogens with one attached hydrogen (secondary N) is 1. The molecule has 0 aliphatic carbocycles. The predicted octanol–water partition coefficient (Wildman–Crippen LogP) is 2.18. The Morgan fingerprint density at radius 2 is 1.63 bits per heavy atom. The molecule has 1 amide bonds. The van der Waals surface area contributed by atoms with E-state index in [1.807, 2.05) is 0 Å². The molecule has 0 bridgehead atoms. The monoisotopic (exact) mass is 389 g/mol. The van der Waals surface area contributed by atoms with Crippen LogP contribution in [-0.2, 0) is 31.3 Å². The Bertz CT molecular complexity index is 907. The summed E-state index contributed by atoms with van der Waals surface area (Å²) in [5.74, 6) is -1.34. The summed E-state index contributed by atoms with van der Waals surface area (Å²) in [6.07, 6.45) is 0.0386. The Kier molecular flexibility index (Phi) is 6.38. The van der Waals surface area contributed by atoms with E-state index >= 15 is 0 Å². The van der Waals surface area contributed by atoms with Gasteiger partial charge in [0, 0.05) is 6.54 Å². The number of hydrogen-bond donors (Lipinski definition) is 2. The highest BCUT2D eigenvalue weighted by Crippen LogP contribution is 2.23. The van der Waals surface area contributed by atoms with Crippen LogP contribution in [0.3, 0.4) is 0 Å². The van der Waals surface area contributed by atoms with Gasteiger partial charge in [-0.25, -0.2) is 8.42 Å². The lowest BCUT2D eigenvalue weighted by atomic mass is 9.82. The Balaban J connectivity index is 2.04. The van der Waals surface area contributed by atoms with Gasteiger partial charge in [-0.15, -0.1) is 0 Å². The lowest BCUT2D eigenvalue weighted by Gasteiger charge is -2.25. The molecule has 2 aromatic carbocycles. The molecule has 0 aliphatic rings. The number of carbonyl (C=O) groups is 2. The molecule has 0 aliphatic heterocycles. The largest absolute Gasteiger partial charge is 0.481 e. The first-order valence-electron chi connectivity index (χ1n) is 8.56. The van der Waals surface area contributed by atoms with Gasteiger partial charge < -0.3 is 10.4 Å². The molecule has 2 N–H and O–H groups in total. The van der Waals surface area contributed by atoms with E-state index in [0.29, 0.717) is 11.1 Å². The van der Waals surface area contributed by atoms with Crippen LogP contribution in [0, 0.1) is 0 Å². The molecule has 0 fully saturated rings. The van der Waals surface area contributed by atoms with Crippen LogP contribution in [-0.4, -0.2) is 37.7 Å². The Labute approximate surface area is 159 Å². The fraction of sp³-hybridized carbons (Fsp3) is 0.300. The number of amides is 1. The molecule has 0 aromatic heterocycles. The van der Waals surface area contributed by atoms with Gasteiger partial charge in [0.05, 0.1) is 17.1 Å². The van der Waals surface area contributed by atoms with Crippen molar-refractivity contribution in [2.75, 3.05) is 12.3 Å². The molecular formula is C20H23NO5S. The van der Waals surface area contributed by atoms with Crippen molar-refractivity contribution in [3.05, 3.63) is 65.7 Å². The average molecular weight is 389 g/mol. The molecule has 0 heterocycles. The number of sulfone groups is 1. The maximum Gasteiger partial charge on any atom is 0.315 e. The fourth-order valence-electron chi connectivity index (χ4n) is 2.61. The van der Waals surface area contributed by atoms with Crippen LogP contribution >= 0.6 is 0 Å². The predicted molar refractivity (Wildman–Crippen MR) is 102 cm³/mol. The highest BCUT2D eigenvalue weighted by atomic mass is 32.2. The first kappa shape index (κ1) is 20.6. The van der Waals surface area contributed by atoms with Crippen molar-refractivity contribution in [2.24, 2.45) is 0 Å². The van der Waals surface area contributed by atoms with Crippen molar-refractivity contribution in [1.82, 2.24) is 5.32 Å². The zero-order valence-electron chi connectivity index (χ0n) is 15.3. The van der Waals surface area contributed by atoms with Gasteiger partial charge >= 0.3 is 5.97 Å². The first-order chi connectivity index (χ1) is 12.7. The van der Waals surface area contributed by atoms with Gasteiger partial charge in [0.25, 0.3) is 0 Å². The molecule has 6 nitrogen and oxygen atoms in total. The minimum Gasteiger partial charge on any atom is -0.481 e. The maximum atomic E-state index is 12.2. The number of rotatable bonds is 8. The Morgan fingerprint density at radius 1 is 1.04 bits per heavy atom. The number of hydrogen-bond acceptors (Lipinski definition) is 4. The van der Waals surface area contributed by atoms with Gasteiger partial charge in [0.2, 0.25) is 5.91 Å². The standard InChI is InChI=1S/C20H23NO5S/c1-3-27(25,26)17-11-9-15(10-12-17)13-18(22)21-14-20(2,19(23)24)16-7-5-4-6-8-16/h4-12H,3,13-14H2,1-2H3,(H,21,22)(H,23,24). The summed E-state index contributed by atoms with van der Waals surface area (Å²) in [5.41, 5.74) is 0.0157. The second-order valence-corrected chi connectivity index (χ2v) is 8.78. The minimum atomic E-state index is -3.28. The summed E-state index contributed by atoms with van der Waals surface area (Å²) >= 11 is 0. The molecule has 27 heavy (non-hydrogen) atoms. The zero-order valence-corrected chi connectivity index (χ0v) is 16.1. The molecule has 1 atom stereocenters. The Morgan fingerprint density at radius 3 is 2.15 bits per heavy atom. The SMILES string of the molecule is CCS(=O)(=O)c1ccc(CC(=O)NCC(C)(C(=O)O)c2ccccc2)cc1. The third kappa shape index (κ3) is 4.95. The van der Waals surface area contributed by atoms with Gasteiger partial charge in [0.15, 0.2) is 9.84 Å². The minimum absolute atomic E-state index is 0.0140. The van der Waals surface area contributed by atoms with Crippen LogP contribution in [0.25, 0.3) is 0 Å². The van der Waals surface area contributed by atoms with E-state index in [1.165, 1.54) is 12.1 Å². The number of aliphatic carboxylic acids is 1. The lowest BCUT2D eigenvalue weighted by molar-refractivity contribution is -0.143. The molecule has 144 valence electrons. The van der Waals surface area contributed by atoms with Gasteiger partial charge in [0.1, 0.15) is 5.41 Å². The average Bonchev–Trinajstić information content (AvgIpc) is 2.67. The topological polar surface area (TPSA) is 101 Å². The third-order valence-corrected chi connectivity index (χ3v) is 6.30. The van der Waals surface area contributed by atoms with Crippen LogP contribution in [0.2, 0.25) is 0 Å². The molecule has 0 radical (unpaired) electrons. The van der Waals surface area contributed by atoms with E-state index in [-0.39, 0.29) is 29.5 Å². The van der Waals surface area contributed by atoms with E-state index in [9.17, 15) is 23.1 Å². The van der Waals surface area contributed by atoms with Crippen LogP contribution in [0.15, 0.2) is 59.5 Å². The summed E-state index contributed by atoms with van der Waals surface area (Å²) in [4.78, 5) is 24.2. The van der Waals surface area contributed by atoms with Crippen molar-refractivity contribution in [3.63, 3.8) is 0 Å². The van der Waals surface area contributed by atoms with E-state index in [4.69, 9.17) is 0 Å². The first-order valence-corrected chi connectivity index (χ1v) is 10.2. The Hall–Kier alpha value is -2.67. The fourth-order valence-corrected chi connectivity index (χ4v) is 3.50. The molecule has 2 rings (SSSR count). The summed E-state index contributed by atoms with van der Waals surface area (Å²) in [5, 5.41) is 12.3. The molecule has 2 aromatic rings. The van der Waals surface area contributed by atoms with Gasteiger partial charge in [-0.3, -0.25) is 9.59 Å². The van der Waals surface area contributed by atoms with Crippen LogP contribution in [0.5, 0.6) is 0 Å². The van der Waals surface area contributed by atoms with Crippen LogP contribution in [0.4, 0.5) is 0 Å². The highest BCUT2D eigenvalue weighted by molar-refractivity contribution is 7.91. The van der Waals surface area contributed by atoms with E-state index in [0.717, 1.165) is 0 Å². The molecule has 7 heteroatoms. The normalized spacial score (nSPS) is 13.6. The molecular weight excluding hydrogens is 366 g/mol. The van der Waals surface area contributed by atoms with Crippen molar-refractivity contribution in [1.29, 1.82) is 0 Å². The quantitative estimate of drug-likeness (QED) is 0.721. The van der Waals surface area contributed by atoms with Crippen LogP contribution in [0.1, 0.15) is 25.0 Å².